The molecule has 1 saturated heterocycles. The number of nitrogens with zero attached hydrogens (tertiary/aromatic N) is 1. The number of morpholine rings is 1. The summed E-state index contributed by atoms with van der Waals surface area (Å²) in [6, 6.07) is 0.680. The summed E-state index contributed by atoms with van der Waals surface area (Å²) in [5, 5.41) is 0. The van der Waals surface area contributed by atoms with Crippen LogP contribution in [0.15, 0.2) is 0 Å². The van der Waals surface area contributed by atoms with Gasteiger partial charge in [-0.25, -0.2) is 0 Å². The molecule has 3 aliphatic rings. The smallest absolute Gasteiger partial charge is 0.0730 e. The summed E-state index contributed by atoms with van der Waals surface area (Å²) < 4.78 is 5.82. The third-order valence-corrected chi connectivity index (χ3v) is 4.46. The van der Waals surface area contributed by atoms with Crippen molar-refractivity contribution in [2.24, 2.45) is 5.73 Å². The van der Waals surface area contributed by atoms with E-state index in [1.54, 1.807) is 0 Å². The van der Waals surface area contributed by atoms with Crippen LogP contribution in [-0.2, 0) is 4.74 Å². The fourth-order valence-electron chi connectivity index (χ4n) is 3.40. The topological polar surface area (TPSA) is 38.5 Å². The van der Waals surface area contributed by atoms with Crippen molar-refractivity contribution in [3.8, 4) is 0 Å². The fourth-order valence-corrected chi connectivity index (χ4v) is 3.40. The van der Waals surface area contributed by atoms with Crippen LogP contribution >= 0.6 is 0 Å². The monoisotopic (exact) mass is 210 g/mol. The second-order valence-electron chi connectivity index (χ2n) is 5.59. The Bertz CT molecular complexity index is 240. The molecule has 0 aromatic carbocycles. The van der Waals surface area contributed by atoms with Gasteiger partial charge in [0.05, 0.1) is 12.7 Å². The van der Waals surface area contributed by atoms with Gasteiger partial charge in [-0.3, -0.25) is 4.90 Å². The minimum absolute atomic E-state index is 0.143. The van der Waals surface area contributed by atoms with Gasteiger partial charge < -0.3 is 10.5 Å². The molecule has 2 atom stereocenters. The summed E-state index contributed by atoms with van der Waals surface area (Å²) in [5.74, 6) is 0. The average Bonchev–Trinajstić information content (AvgIpc) is 2.64. The van der Waals surface area contributed by atoms with E-state index in [9.17, 15) is 0 Å². The zero-order valence-electron chi connectivity index (χ0n) is 9.45. The SMILES string of the molecule is NC1(CN2CCOC3CCCC32)CCC1. The average molecular weight is 210 g/mol. The van der Waals surface area contributed by atoms with Crippen LogP contribution in [0.3, 0.4) is 0 Å². The number of hydrogen-bond acceptors (Lipinski definition) is 3. The summed E-state index contributed by atoms with van der Waals surface area (Å²) in [6.07, 6.45) is 8.21. The van der Waals surface area contributed by atoms with E-state index < -0.39 is 0 Å². The molecule has 1 heterocycles. The maximum atomic E-state index is 6.33. The first kappa shape index (κ1) is 10.1. The van der Waals surface area contributed by atoms with Crippen molar-refractivity contribution in [3.05, 3.63) is 0 Å². The molecule has 0 spiro atoms. The van der Waals surface area contributed by atoms with Crippen molar-refractivity contribution < 1.29 is 4.74 Å². The van der Waals surface area contributed by atoms with Crippen LogP contribution in [-0.4, -0.2) is 42.3 Å². The Balaban J connectivity index is 1.64. The van der Waals surface area contributed by atoms with Crippen LogP contribution in [0.2, 0.25) is 0 Å². The molecule has 0 aromatic heterocycles. The fraction of sp³-hybridized carbons (Fsp3) is 1.00. The van der Waals surface area contributed by atoms with Crippen molar-refractivity contribution in [1.82, 2.24) is 4.90 Å². The zero-order chi connectivity index (χ0) is 10.3. The van der Waals surface area contributed by atoms with Crippen LogP contribution in [0.1, 0.15) is 38.5 Å². The standard InChI is InChI=1S/C12H22N2O/c13-12(5-2-6-12)9-14-7-8-15-11-4-1-3-10(11)14/h10-11H,1-9,13H2. The molecule has 1 aliphatic heterocycles. The first-order valence-corrected chi connectivity index (χ1v) is 6.41. The van der Waals surface area contributed by atoms with Crippen molar-refractivity contribution in [1.29, 1.82) is 0 Å². The van der Waals surface area contributed by atoms with Crippen molar-refractivity contribution in [2.45, 2.75) is 56.2 Å². The van der Waals surface area contributed by atoms with Crippen molar-refractivity contribution in [2.75, 3.05) is 19.7 Å². The Kier molecular flexibility index (Phi) is 2.49. The molecule has 0 amide bonds. The molecule has 0 aromatic rings. The summed E-state index contributed by atoms with van der Waals surface area (Å²) in [4.78, 5) is 2.61. The lowest BCUT2D eigenvalue weighted by Crippen LogP contribution is -2.60. The molecule has 3 heteroatoms. The Hall–Kier alpha value is -0.120. The van der Waals surface area contributed by atoms with Crippen molar-refractivity contribution in [3.63, 3.8) is 0 Å². The summed E-state index contributed by atoms with van der Waals surface area (Å²) >= 11 is 0. The van der Waals surface area contributed by atoms with Gasteiger partial charge in [-0.2, -0.15) is 0 Å². The van der Waals surface area contributed by atoms with Gasteiger partial charge in [-0.05, 0) is 38.5 Å². The molecule has 3 nitrogen and oxygen atoms in total. The largest absolute Gasteiger partial charge is 0.375 e. The Morgan fingerprint density at radius 1 is 1.27 bits per heavy atom. The van der Waals surface area contributed by atoms with E-state index in [1.807, 2.05) is 0 Å². The highest BCUT2D eigenvalue weighted by molar-refractivity contribution is 4.99. The summed E-state index contributed by atoms with van der Waals surface area (Å²) in [6.45, 7) is 3.12. The molecule has 86 valence electrons. The van der Waals surface area contributed by atoms with E-state index in [4.69, 9.17) is 10.5 Å². The van der Waals surface area contributed by atoms with Crippen LogP contribution in [0.5, 0.6) is 0 Å². The normalized spacial score (nSPS) is 39.8. The van der Waals surface area contributed by atoms with Crippen molar-refractivity contribution >= 4 is 0 Å². The van der Waals surface area contributed by atoms with Gasteiger partial charge in [0.25, 0.3) is 0 Å². The predicted molar refractivity (Wildman–Crippen MR) is 59.7 cm³/mol. The minimum Gasteiger partial charge on any atom is -0.375 e. The van der Waals surface area contributed by atoms with E-state index in [0.29, 0.717) is 12.1 Å². The molecule has 2 N–H and O–H groups in total. The highest BCUT2D eigenvalue weighted by atomic mass is 16.5. The molecule has 2 saturated carbocycles. The maximum absolute atomic E-state index is 6.33. The molecule has 0 bridgehead atoms. The highest BCUT2D eigenvalue weighted by Gasteiger charge is 2.41. The number of rotatable bonds is 2. The predicted octanol–water partition coefficient (Wildman–Crippen LogP) is 1.12. The number of ether oxygens (including phenoxy) is 1. The van der Waals surface area contributed by atoms with Crippen LogP contribution in [0, 0.1) is 0 Å². The van der Waals surface area contributed by atoms with E-state index in [2.05, 4.69) is 4.90 Å². The van der Waals surface area contributed by atoms with Crippen LogP contribution < -0.4 is 5.73 Å². The summed E-state index contributed by atoms with van der Waals surface area (Å²) in [7, 11) is 0. The molecule has 2 aliphatic carbocycles. The first-order chi connectivity index (χ1) is 7.27. The molecule has 2 unspecified atom stereocenters. The molecule has 0 radical (unpaired) electrons. The zero-order valence-corrected chi connectivity index (χ0v) is 9.45. The Morgan fingerprint density at radius 3 is 2.87 bits per heavy atom. The lowest BCUT2D eigenvalue weighted by atomic mass is 9.77. The van der Waals surface area contributed by atoms with Gasteiger partial charge in [-0.1, -0.05) is 0 Å². The van der Waals surface area contributed by atoms with Gasteiger partial charge in [0.2, 0.25) is 0 Å². The number of hydrogen-bond donors (Lipinski definition) is 1. The number of nitrogens with two attached hydrogens (primary N) is 1. The highest BCUT2D eigenvalue weighted by Crippen LogP contribution is 2.34. The van der Waals surface area contributed by atoms with Crippen LogP contribution in [0.25, 0.3) is 0 Å². The third kappa shape index (κ3) is 1.81. The van der Waals surface area contributed by atoms with Gasteiger partial charge in [0.15, 0.2) is 0 Å². The van der Waals surface area contributed by atoms with Gasteiger partial charge in [0, 0.05) is 24.7 Å². The quantitative estimate of drug-likeness (QED) is 0.742. The maximum Gasteiger partial charge on any atom is 0.0730 e. The van der Waals surface area contributed by atoms with Gasteiger partial charge >= 0.3 is 0 Å². The Labute approximate surface area is 91.9 Å². The number of fused-ring (bicyclic) bond motifs is 1. The van der Waals surface area contributed by atoms with Crippen LogP contribution in [0.4, 0.5) is 0 Å². The lowest BCUT2D eigenvalue weighted by molar-refractivity contribution is -0.0664. The molecule has 3 rings (SSSR count). The van der Waals surface area contributed by atoms with Gasteiger partial charge in [0.1, 0.15) is 0 Å². The third-order valence-electron chi connectivity index (χ3n) is 4.46. The first-order valence-electron chi connectivity index (χ1n) is 6.41. The minimum atomic E-state index is 0.143. The molecule has 15 heavy (non-hydrogen) atoms. The second-order valence-corrected chi connectivity index (χ2v) is 5.59. The van der Waals surface area contributed by atoms with E-state index in [-0.39, 0.29) is 5.54 Å². The van der Waals surface area contributed by atoms with E-state index in [0.717, 1.165) is 19.7 Å². The molecular formula is C12H22N2O. The lowest BCUT2D eigenvalue weighted by Gasteiger charge is -2.46. The second kappa shape index (κ2) is 3.72. The summed E-state index contributed by atoms with van der Waals surface area (Å²) in [5.41, 5.74) is 6.48. The Morgan fingerprint density at radius 2 is 2.13 bits per heavy atom. The van der Waals surface area contributed by atoms with Gasteiger partial charge in [-0.15, -0.1) is 0 Å². The molecular weight excluding hydrogens is 188 g/mol. The van der Waals surface area contributed by atoms with E-state index >= 15 is 0 Å². The molecule has 3 fully saturated rings. The van der Waals surface area contributed by atoms with E-state index in [1.165, 1.54) is 38.5 Å².